The van der Waals surface area contributed by atoms with Gasteiger partial charge >= 0.3 is 11.9 Å². The lowest BCUT2D eigenvalue weighted by atomic mass is 10.1. The molecule has 92 valence electrons. The summed E-state index contributed by atoms with van der Waals surface area (Å²) in [7, 11) is 2.41. The van der Waals surface area contributed by atoms with Crippen molar-refractivity contribution in [3.05, 3.63) is 11.8 Å². The number of amides is 1. The maximum Gasteiger partial charge on any atom is 0.336 e. The van der Waals surface area contributed by atoms with Crippen LogP contribution in [0.5, 0.6) is 0 Å². The molecule has 2 rings (SSSR count). The molecule has 0 spiro atoms. The van der Waals surface area contributed by atoms with E-state index >= 15 is 0 Å². The van der Waals surface area contributed by atoms with Crippen LogP contribution in [0.2, 0.25) is 0 Å². The van der Waals surface area contributed by atoms with E-state index in [9.17, 15) is 14.4 Å². The minimum Gasteiger partial charge on any atom is -0.471 e. The summed E-state index contributed by atoms with van der Waals surface area (Å²) >= 11 is 0. The first-order chi connectivity index (χ1) is 8.08. The zero-order valence-electron chi connectivity index (χ0n) is 9.34. The molecule has 0 radical (unpaired) electrons. The summed E-state index contributed by atoms with van der Waals surface area (Å²) in [6, 6.07) is -0.981. The van der Waals surface area contributed by atoms with Crippen molar-refractivity contribution in [2.45, 2.75) is 18.7 Å². The van der Waals surface area contributed by atoms with Crippen molar-refractivity contribution in [1.29, 1.82) is 0 Å². The zero-order chi connectivity index (χ0) is 12.6. The lowest BCUT2D eigenvalue weighted by Gasteiger charge is -2.33. The van der Waals surface area contributed by atoms with Crippen LogP contribution in [0.25, 0.3) is 0 Å². The smallest absolute Gasteiger partial charge is 0.336 e. The van der Waals surface area contributed by atoms with E-state index < -0.39 is 24.2 Å². The standard InChI is InChI=1S/C10H11NO6/c1-15-8(13)3-5-9(10(14)16-2)11-6(12)4-7(11)17-5/h3,7,9H,4H2,1-2H3/b5-3+. The highest BCUT2D eigenvalue weighted by molar-refractivity contribution is 5.93. The van der Waals surface area contributed by atoms with Gasteiger partial charge in [0, 0.05) is 0 Å². The molecule has 1 amide bonds. The number of carbonyl (C=O) groups is 3. The lowest BCUT2D eigenvalue weighted by Crippen LogP contribution is -2.55. The highest BCUT2D eigenvalue weighted by atomic mass is 16.6. The van der Waals surface area contributed by atoms with Crippen LogP contribution in [0.3, 0.4) is 0 Å². The molecule has 0 bridgehead atoms. The van der Waals surface area contributed by atoms with Crippen molar-refractivity contribution >= 4 is 17.8 Å². The predicted molar refractivity (Wildman–Crippen MR) is 52.2 cm³/mol. The van der Waals surface area contributed by atoms with Crippen LogP contribution in [0.15, 0.2) is 11.8 Å². The average molecular weight is 241 g/mol. The van der Waals surface area contributed by atoms with Crippen LogP contribution < -0.4 is 0 Å². The Hall–Kier alpha value is -2.05. The Morgan fingerprint density at radius 2 is 2.12 bits per heavy atom. The topological polar surface area (TPSA) is 82.1 Å². The fraction of sp³-hybridized carbons (Fsp3) is 0.500. The van der Waals surface area contributed by atoms with E-state index in [4.69, 9.17) is 4.74 Å². The van der Waals surface area contributed by atoms with Crippen molar-refractivity contribution < 1.29 is 28.6 Å². The zero-order valence-corrected chi connectivity index (χ0v) is 9.34. The van der Waals surface area contributed by atoms with Crippen molar-refractivity contribution in [3.63, 3.8) is 0 Å². The van der Waals surface area contributed by atoms with Crippen molar-refractivity contribution in [3.8, 4) is 0 Å². The average Bonchev–Trinajstić information content (AvgIpc) is 2.60. The highest BCUT2D eigenvalue weighted by Gasteiger charge is 2.54. The Labute approximate surface area is 96.9 Å². The largest absolute Gasteiger partial charge is 0.471 e. The second kappa shape index (κ2) is 4.08. The fourth-order valence-electron chi connectivity index (χ4n) is 1.80. The van der Waals surface area contributed by atoms with Gasteiger partial charge in [0.15, 0.2) is 12.3 Å². The molecular formula is C10H11NO6. The third-order valence-electron chi connectivity index (χ3n) is 2.65. The van der Waals surface area contributed by atoms with Gasteiger partial charge in [0.1, 0.15) is 5.76 Å². The van der Waals surface area contributed by atoms with Gasteiger partial charge in [0.25, 0.3) is 0 Å². The summed E-state index contributed by atoms with van der Waals surface area (Å²) < 4.78 is 14.3. The first kappa shape index (κ1) is 11.4. The molecule has 2 atom stereocenters. The van der Waals surface area contributed by atoms with Crippen molar-refractivity contribution in [2.75, 3.05) is 14.2 Å². The number of esters is 2. The minimum atomic E-state index is -0.981. The van der Waals surface area contributed by atoms with Crippen molar-refractivity contribution in [1.82, 2.24) is 4.90 Å². The summed E-state index contributed by atoms with van der Waals surface area (Å²) in [4.78, 5) is 35.2. The number of fused-ring (bicyclic) bond motifs is 1. The van der Waals surface area contributed by atoms with Crippen LogP contribution in [0.4, 0.5) is 0 Å². The molecule has 2 heterocycles. The van der Waals surface area contributed by atoms with Gasteiger partial charge in [-0.05, 0) is 0 Å². The van der Waals surface area contributed by atoms with Crippen LogP contribution in [0.1, 0.15) is 6.42 Å². The van der Waals surface area contributed by atoms with Gasteiger partial charge in [0.05, 0.1) is 26.7 Å². The van der Waals surface area contributed by atoms with Crippen LogP contribution in [-0.2, 0) is 28.6 Å². The number of nitrogens with zero attached hydrogens (tertiary/aromatic N) is 1. The maximum absolute atomic E-state index is 11.5. The van der Waals surface area contributed by atoms with Gasteiger partial charge in [-0.2, -0.15) is 0 Å². The number of rotatable bonds is 2. The van der Waals surface area contributed by atoms with Crippen LogP contribution in [-0.4, -0.2) is 49.2 Å². The van der Waals surface area contributed by atoms with E-state index in [1.54, 1.807) is 0 Å². The Morgan fingerprint density at radius 1 is 1.41 bits per heavy atom. The maximum atomic E-state index is 11.5. The van der Waals surface area contributed by atoms with Crippen molar-refractivity contribution in [2.24, 2.45) is 0 Å². The molecular weight excluding hydrogens is 230 g/mol. The van der Waals surface area contributed by atoms with Crippen LogP contribution in [0, 0.1) is 0 Å². The van der Waals surface area contributed by atoms with Gasteiger partial charge in [-0.3, -0.25) is 9.69 Å². The van der Waals surface area contributed by atoms with Gasteiger partial charge < -0.3 is 14.2 Å². The van der Waals surface area contributed by atoms with E-state index in [0.29, 0.717) is 0 Å². The minimum absolute atomic E-state index is 0.0829. The van der Waals surface area contributed by atoms with E-state index in [1.165, 1.54) is 19.1 Å². The van der Waals surface area contributed by atoms with Gasteiger partial charge in [-0.25, -0.2) is 9.59 Å². The first-order valence-corrected chi connectivity index (χ1v) is 4.93. The molecule has 0 aromatic carbocycles. The third-order valence-corrected chi connectivity index (χ3v) is 2.65. The lowest BCUT2D eigenvalue weighted by molar-refractivity contribution is -0.164. The van der Waals surface area contributed by atoms with Crippen LogP contribution >= 0.6 is 0 Å². The summed E-state index contributed by atoms with van der Waals surface area (Å²) in [5, 5.41) is 0. The molecule has 7 heteroatoms. The Kier molecular flexibility index (Phi) is 2.74. The predicted octanol–water partition coefficient (Wildman–Crippen LogP) is -0.826. The molecule has 2 unspecified atom stereocenters. The molecule has 2 aliphatic heterocycles. The van der Waals surface area contributed by atoms with Gasteiger partial charge in [0.2, 0.25) is 5.91 Å². The third kappa shape index (κ3) is 1.73. The number of ether oxygens (including phenoxy) is 3. The Morgan fingerprint density at radius 3 is 2.65 bits per heavy atom. The number of carbonyl (C=O) groups excluding carboxylic acids is 3. The number of hydrogen-bond donors (Lipinski definition) is 0. The molecule has 0 aromatic rings. The Bertz CT molecular complexity index is 415. The number of hydrogen-bond acceptors (Lipinski definition) is 6. The molecule has 0 aliphatic carbocycles. The molecule has 2 aliphatic rings. The monoisotopic (exact) mass is 241 g/mol. The summed E-state index contributed by atoms with van der Waals surface area (Å²) in [6.07, 6.45) is 0.765. The first-order valence-electron chi connectivity index (χ1n) is 4.93. The quantitative estimate of drug-likeness (QED) is 0.356. The molecule has 2 saturated heterocycles. The molecule has 0 saturated carbocycles. The second-order valence-corrected chi connectivity index (χ2v) is 3.57. The fourth-order valence-corrected chi connectivity index (χ4v) is 1.80. The summed E-state index contributed by atoms with van der Waals surface area (Å²) in [6.45, 7) is 0. The van der Waals surface area contributed by atoms with E-state index in [2.05, 4.69) is 9.47 Å². The summed E-state index contributed by atoms with van der Waals surface area (Å²) in [5.41, 5.74) is 0. The van der Waals surface area contributed by atoms with E-state index in [0.717, 1.165) is 6.08 Å². The van der Waals surface area contributed by atoms with E-state index in [-0.39, 0.29) is 18.1 Å². The number of methoxy groups -OCH3 is 2. The molecule has 0 N–H and O–H groups in total. The number of β-lactam (4-membered cyclic amide) rings is 1. The Balaban J connectivity index is 2.27. The SMILES string of the molecule is COC(=O)/C=C1/OC2CC(=O)N2C1C(=O)OC. The van der Waals surface area contributed by atoms with Gasteiger partial charge in [-0.1, -0.05) is 0 Å². The van der Waals surface area contributed by atoms with E-state index in [1.807, 2.05) is 0 Å². The highest BCUT2D eigenvalue weighted by Crippen LogP contribution is 2.36. The molecule has 2 fully saturated rings. The van der Waals surface area contributed by atoms with Gasteiger partial charge in [-0.15, -0.1) is 0 Å². The molecule has 7 nitrogen and oxygen atoms in total. The normalized spacial score (nSPS) is 28.2. The molecule has 0 aromatic heterocycles. The summed E-state index contributed by atoms with van der Waals surface area (Å²) in [5.74, 6) is -1.42. The molecule has 17 heavy (non-hydrogen) atoms. The second-order valence-electron chi connectivity index (χ2n) is 3.57.